The normalized spacial score (nSPS) is 19.9. The molecule has 0 aliphatic carbocycles. The molecule has 0 radical (unpaired) electrons. The van der Waals surface area contributed by atoms with Crippen LogP contribution in [0.15, 0.2) is 0 Å². The Morgan fingerprint density at radius 3 is 2.81 bits per heavy atom. The monoisotopic (exact) mass is 246 g/mol. The van der Waals surface area contributed by atoms with Gasteiger partial charge < -0.3 is 15.4 Å². The predicted molar refractivity (Wildman–Crippen MR) is 67.8 cm³/mol. The maximum absolute atomic E-state index is 11.5. The van der Waals surface area contributed by atoms with Crippen LogP contribution in [-0.2, 0) is 9.53 Å². The molecule has 0 aromatic rings. The van der Waals surface area contributed by atoms with E-state index in [0.29, 0.717) is 0 Å². The van der Waals surface area contributed by atoms with E-state index in [1.165, 1.54) is 0 Å². The number of carbonyl (C=O) groups is 1. The van der Waals surface area contributed by atoms with Crippen molar-refractivity contribution in [2.24, 2.45) is 0 Å². The first-order valence-corrected chi connectivity index (χ1v) is 6.93. The Kier molecular flexibility index (Phi) is 5.58. The molecule has 0 bridgehead atoms. The van der Waals surface area contributed by atoms with E-state index in [0.717, 1.165) is 24.6 Å². The topological polar surface area (TPSA) is 50.4 Å². The lowest BCUT2D eigenvalue weighted by Crippen LogP contribution is -2.59. The molecule has 1 heterocycles. The van der Waals surface area contributed by atoms with Crippen molar-refractivity contribution in [3.63, 3.8) is 0 Å². The number of hydrogen-bond acceptors (Lipinski definition) is 4. The highest BCUT2D eigenvalue weighted by molar-refractivity contribution is 7.99. The lowest BCUT2D eigenvalue weighted by atomic mass is 10.0. The lowest BCUT2D eigenvalue weighted by Gasteiger charge is -2.38. The molecule has 1 saturated heterocycles. The number of amides is 1. The minimum atomic E-state index is -0.140. The van der Waals surface area contributed by atoms with Gasteiger partial charge in [0.15, 0.2) is 0 Å². The Hall–Kier alpha value is -0.260. The van der Waals surface area contributed by atoms with E-state index in [2.05, 4.69) is 17.6 Å². The molecule has 0 aromatic carbocycles. The second-order valence-corrected chi connectivity index (χ2v) is 5.79. The van der Waals surface area contributed by atoms with Crippen LogP contribution in [0.3, 0.4) is 0 Å². The average molecular weight is 246 g/mol. The van der Waals surface area contributed by atoms with Crippen LogP contribution < -0.4 is 10.6 Å². The minimum Gasteiger partial charge on any atom is -0.363 e. The first-order chi connectivity index (χ1) is 7.56. The third kappa shape index (κ3) is 4.72. The van der Waals surface area contributed by atoms with Gasteiger partial charge in [-0.3, -0.25) is 4.79 Å². The van der Waals surface area contributed by atoms with E-state index in [9.17, 15) is 4.79 Å². The number of thioether (sulfide) groups is 1. The second kappa shape index (κ2) is 6.47. The van der Waals surface area contributed by atoms with Crippen molar-refractivity contribution in [3.05, 3.63) is 0 Å². The van der Waals surface area contributed by atoms with Gasteiger partial charge in [-0.1, -0.05) is 6.92 Å². The molecular formula is C11H22N2O2S. The van der Waals surface area contributed by atoms with Crippen LogP contribution in [-0.4, -0.2) is 48.8 Å². The van der Waals surface area contributed by atoms with Crippen molar-refractivity contribution in [1.29, 1.82) is 0 Å². The SMILES string of the molecule is CCSCC(C)NC(=O)COC1(C)CNC1. The van der Waals surface area contributed by atoms with Gasteiger partial charge in [0.25, 0.3) is 0 Å². The number of hydrogen-bond donors (Lipinski definition) is 2. The first kappa shape index (κ1) is 13.8. The Morgan fingerprint density at radius 1 is 1.62 bits per heavy atom. The summed E-state index contributed by atoms with van der Waals surface area (Å²) in [5.74, 6) is 2.03. The molecule has 0 saturated carbocycles. The van der Waals surface area contributed by atoms with Crippen LogP contribution in [0.5, 0.6) is 0 Å². The van der Waals surface area contributed by atoms with Gasteiger partial charge in [-0.2, -0.15) is 11.8 Å². The van der Waals surface area contributed by atoms with Crippen molar-refractivity contribution in [1.82, 2.24) is 10.6 Å². The molecule has 0 spiro atoms. The molecule has 1 aliphatic rings. The van der Waals surface area contributed by atoms with E-state index in [-0.39, 0.29) is 24.2 Å². The summed E-state index contributed by atoms with van der Waals surface area (Å²) in [6.07, 6.45) is 0. The molecule has 1 unspecified atom stereocenters. The lowest BCUT2D eigenvalue weighted by molar-refractivity contribution is -0.136. The fourth-order valence-electron chi connectivity index (χ4n) is 1.47. The molecule has 1 amide bonds. The van der Waals surface area contributed by atoms with Crippen molar-refractivity contribution in [3.8, 4) is 0 Å². The molecule has 5 heteroatoms. The van der Waals surface area contributed by atoms with Crippen molar-refractivity contribution in [2.45, 2.75) is 32.4 Å². The maximum atomic E-state index is 11.5. The van der Waals surface area contributed by atoms with Crippen LogP contribution in [0.2, 0.25) is 0 Å². The fraction of sp³-hybridized carbons (Fsp3) is 0.909. The zero-order chi connectivity index (χ0) is 12.0. The molecule has 1 rings (SSSR count). The fourth-order valence-corrected chi connectivity index (χ4v) is 2.14. The molecule has 0 aromatic heterocycles. The van der Waals surface area contributed by atoms with Gasteiger partial charge in [0.2, 0.25) is 5.91 Å². The van der Waals surface area contributed by atoms with E-state index in [1.54, 1.807) is 0 Å². The smallest absolute Gasteiger partial charge is 0.246 e. The largest absolute Gasteiger partial charge is 0.363 e. The standard InChI is InChI=1S/C11H22N2O2S/c1-4-16-6-9(2)13-10(14)5-15-11(3)7-12-8-11/h9,12H,4-8H2,1-3H3,(H,13,14). The average Bonchev–Trinajstić information content (AvgIpc) is 2.21. The van der Waals surface area contributed by atoms with E-state index in [1.807, 2.05) is 25.6 Å². The van der Waals surface area contributed by atoms with Gasteiger partial charge in [0.05, 0.1) is 5.60 Å². The summed E-state index contributed by atoms with van der Waals surface area (Å²) in [7, 11) is 0. The molecule has 94 valence electrons. The van der Waals surface area contributed by atoms with E-state index in [4.69, 9.17) is 4.74 Å². The van der Waals surface area contributed by atoms with Crippen molar-refractivity contribution >= 4 is 17.7 Å². The second-order valence-electron chi connectivity index (χ2n) is 4.47. The molecule has 1 aliphatic heterocycles. The third-order valence-electron chi connectivity index (χ3n) is 2.53. The van der Waals surface area contributed by atoms with Crippen LogP contribution in [0.25, 0.3) is 0 Å². The van der Waals surface area contributed by atoms with Crippen LogP contribution in [0.1, 0.15) is 20.8 Å². The Labute approximate surface area is 102 Å². The molecule has 1 fully saturated rings. The Bertz CT molecular complexity index is 232. The van der Waals surface area contributed by atoms with Gasteiger partial charge in [-0.15, -0.1) is 0 Å². The minimum absolute atomic E-state index is 0.0164. The molecular weight excluding hydrogens is 224 g/mol. The van der Waals surface area contributed by atoms with Gasteiger partial charge in [-0.25, -0.2) is 0 Å². The Balaban J connectivity index is 2.10. The van der Waals surface area contributed by atoms with E-state index < -0.39 is 0 Å². The highest BCUT2D eigenvalue weighted by Gasteiger charge is 2.33. The summed E-state index contributed by atoms with van der Waals surface area (Å²) >= 11 is 1.83. The zero-order valence-electron chi connectivity index (χ0n) is 10.3. The molecule has 16 heavy (non-hydrogen) atoms. The molecule has 1 atom stereocenters. The third-order valence-corrected chi connectivity index (χ3v) is 3.67. The molecule has 2 N–H and O–H groups in total. The summed E-state index contributed by atoms with van der Waals surface area (Å²) in [6.45, 7) is 8.00. The van der Waals surface area contributed by atoms with Crippen molar-refractivity contribution < 1.29 is 9.53 Å². The first-order valence-electron chi connectivity index (χ1n) is 5.77. The van der Waals surface area contributed by atoms with Gasteiger partial charge in [-0.05, 0) is 19.6 Å². The highest BCUT2D eigenvalue weighted by Crippen LogP contribution is 2.14. The number of carbonyl (C=O) groups excluding carboxylic acids is 1. The van der Waals surface area contributed by atoms with Crippen LogP contribution in [0, 0.1) is 0 Å². The Morgan fingerprint density at radius 2 is 2.31 bits per heavy atom. The highest BCUT2D eigenvalue weighted by atomic mass is 32.2. The maximum Gasteiger partial charge on any atom is 0.246 e. The van der Waals surface area contributed by atoms with E-state index >= 15 is 0 Å². The van der Waals surface area contributed by atoms with Gasteiger partial charge >= 0.3 is 0 Å². The number of ether oxygens (including phenoxy) is 1. The summed E-state index contributed by atoms with van der Waals surface area (Å²) in [5, 5.41) is 6.06. The number of nitrogens with one attached hydrogen (secondary N) is 2. The van der Waals surface area contributed by atoms with Gasteiger partial charge in [0, 0.05) is 24.9 Å². The summed E-state index contributed by atoms with van der Waals surface area (Å²) < 4.78 is 5.55. The van der Waals surface area contributed by atoms with Gasteiger partial charge in [0.1, 0.15) is 6.61 Å². The summed E-state index contributed by atoms with van der Waals surface area (Å²) in [6, 6.07) is 0.216. The predicted octanol–water partition coefficient (Wildman–Crippen LogP) is 0.623. The molecule has 4 nitrogen and oxygen atoms in total. The van der Waals surface area contributed by atoms with Crippen LogP contribution >= 0.6 is 11.8 Å². The quantitative estimate of drug-likeness (QED) is 0.691. The summed E-state index contributed by atoms with van der Waals surface area (Å²) in [4.78, 5) is 11.5. The van der Waals surface area contributed by atoms with Crippen LogP contribution in [0.4, 0.5) is 0 Å². The summed E-state index contributed by atoms with van der Waals surface area (Å²) in [5.41, 5.74) is -0.140. The number of rotatable bonds is 7. The van der Waals surface area contributed by atoms with Crippen molar-refractivity contribution in [2.75, 3.05) is 31.2 Å². The zero-order valence-corrected chi connectivity index (χ0v) is 11.2.